The first-order valence-corrected chi connectivity index (χ1v) is 40.1. The van der Waals surface area contributed by atoms with Crippen LogP contribution in [0.5, 0.6) is 17.2 Å². The molecule has 98 heavy (non-hydrogen) atoms. The van der Waals surface area contributed by atoms with Gasteiger partial charge in [0.05, 0.1) is 45.6 Å². The molecular weight excluding hydrogens is 1230 g/mol. The van der Waals surface area contributed by atoms with E-state index in [1.165, 1.54) is 263 Å². The van der Waals surface area contributed by atoms with Crippen molar-refractivity contribution in [2.45, 2.75) is 372 Å². The minimum absolute atomic E-state index is 0.163. The zero-order valence-electron chi connectivity index (χ0n) is 61.7. The summed E-state index contributed by atoms with van der Waals surface area (Å²) in [6, 6.07) is 12.2. The van der Waals surface area contributed by atoms with E-state index >= 15 is 0 Å². The molecule has 0 radical (unpaired) electrons. The van der Waals surface area contributed by atoms with Crippen molar-refractivity contribution in [2.75, 3.05) is 31.7 Å². The summed E-state index contributed by atoms with van der Waals surface area (Å²) in [5.74, 6) is -1.05. The third kappa shape index (κ3) is 33.9. The minimum Gasteiger partial charge on any atom is -0.490 e. The molecule has 4 atom stereocenters. The highest BCUT2D eigenvalue weighted by Crippen LogP contribution is 2.50. The van der Waals surface area contributed by atoms with E-state index < -0.39 is 61.3 Å². The lowest BCUT2D eigenvalue weighted by Gasteiger charge is -2.35. The zero-order chi connectivity index (χ0) is 69.8. The second-order valence-electron chi connectivity index (χ2n) is 28.4. The van der Waals surface area contributed by atoms with Gasteiger partial charge in [-0.25, -0.2) is 15.0 Å². The molecule has 2 aromatic heterocycles. The maximum Gasteiger partial charge on any atom is 0.307 e. The number of aliphatic hydroxyl groups excluding tert-OH is 1. The molecule has 1 amide bonds. The van der Waals surface area contributed by atoms with Gasteiger partial charge in [0.25, 0.3) is 5.91 Å². The molecule has 1 aliphatic rings. The van der Waals surface area contributed by atoms with Gasteiger partial charge in [0.1, 0.15) is 24.3 Å². The number of imidazole rings is 1. The number of nitrogens with one attached hydrogen (secondary N) is 1. The summed E-state index contributed by atoms with van der Waals surface area (Å²) in [6.45, 7) is 7.35. The Kier molecular flexibility index (Phi) is 45.5. The molecule has 4 N–H and O–H groups in total. The molecule has 554 valence electrons. The summed E-state index contributed by atoms with van der Waals surface area (Å²) in [4.78, 5) is 52.6. The minimum atomic E-state index is -2.13. The molecule has 1 aliphatic heterocycles. The average Bonchev–Trinajstić information content (AvgIpc) is 1.55. The van der Waals surface area contributed by atoms with Crippen molar-refractivity contribution < 1.29 is 53.4 Å². The Bertz CT molecular complexity index is 2610. The second kappa shape index (κ2) is 53.5. The van der Waals surface area contributed by atoms with Crippen molar-refractivity contribution in [3.63, 3.8) is 0 Å². The van der Waals surface area contributed by atoms with Crippen molar-refractivity contribution in [3.8, 4) is 17.2 Å². The van der Waals surface area contributed by atoms with Crippen LogP contribution < -0.4 is 19.5 Å². The van der Waals surface area contributed by atoms with Gasteiger partial charge < -0.3 is 44.3 Å². The van der Waals surface area contributed by atoms with Crippen LogP contribution in [-0.4, -0.2) is 90.8 Å². The van der Waals surface area contributed by atoms with Crippen LogP contribution >= 0.6 is 0 Å². The molecule has 0 aliphatic carbocycles. The van der Waals surface area contributed by atoms with Crippen LogP contribution in [0.3, 0.4) is 0 Å². The second-order valence-corrected chi connectivity index (χ2v) is 28.4. The van der Waals surface area contributed by atoms with Crippen LogP contribution in [0, 0.1) is 0 Å². The van der Waals surface area contributed by atoms with Crippen LogP contribution in [0.4, 0.5) is 5.82 Å². The molecule has 3 heterocycles. The van der Waals surface area contributed by atoms with Crippen molar-refractivity contribution in [2.24, 2.45) is 0 Å². The first kappa shape index (κ1) is 83.3. The molecule has 2 aromatic carbocycles. The van der Waals surface area contributed by atoms with Crippen molar-refractivity contribution in [3.05, 3.63) is 66.2 Å². The third-order valence-corrected chi connectivity index (χ3v) is 19.8. The number of carbonyl (C=O) groups excluding carboxylic acids is 2. The maximum absolute atomic E-state index is 14.0. The van der Waals surface area contributed by atoms with Crippen molar-refractivity contribution >= 4 is 34.8 Å². The summed E-state index contributed by atoms with van der Waals surface area (Å²) >= 11 is 0. The number of benzene rings is 2. The van der Waals surface area contributed by atoms with Gasteiger partial charge in [0, 0.05) is 17.5 Å². The normalized spacial score (nSPS) is 15.6. The topological polar surface area (TPSA) is 214 Å². The fourth-order valence-electron chi connectivity index (χ4n) is 13.8. The number of esters is 1. The number of rotatable bonds is 64. The number of hydrogen-bond acceptors (Lipinski definition) is 13. The van der Waals surface area contributed by atoms with Crippen LogP contribution in [0.25, 0.3) is 11.2 Å². The van der Waals surface area contributed by atoms with E-state index in [0.29, 0.717) is 48.2 Å². The summed E-state index contributed by atoms with van der Waals surface area (Å²) in [5.41, 5.74) is -0.847. The monoisotopic (exact) mass is 1370 g/mol. The van der Waals surface area contributed by atoms with Crippen molar-refractivity contribution in [1.82, 2.24) is 19.5 Å². The van der Waals surface area contributed by atoms with E-state index in [1.54, 1.807) is 41.0 Å². The van der Waals surface area contributed by atoms with E-state index in [4.69, 9.17) is 23.7 Å². The quantitative estimate of drug-likeness (QED) is 0.0239. The Hall–Kier alpha value is -5.32. The molecule has 1 unspecified atom stereocenters. The predicted molar refractivity (Wildman–Crippen MR) is 398 cm³/mol. The van der Waals surface area contributed by atoms with Gasteiger partial charge in [-0.15, -0.1) is 0 Å². The molecule has 16 nitrogen and oxygen atoms in total. The van der Waals surface area contributed by atoms with Crippen LogP contribution in [0.15, 0.2) is 55.1 Å². The SMILES string of the molecule is CCCCCCCCCCCCCCCCCCOc1cc(C(OC(=O)CCC(=O)O)[C@]2(O)C[C@H](n3cnc4c(NC(=O)c5ccccc5)ncnc43)O[C@@H]2CO)cc(OCCCCCCCCCCCCCCCCCC)c1OCCCCCCCCCCCCCCCCCC. The first-order valence-electron chi connectivity index (χ1n) is 40.1. The largest absolute Gasteiger partial charge is 0.490 e. The molecule has 5 rings (SSSR count). The number of ether oxygens (including phenoxy) is 5. The number of anilines is 1. The third-order valence-electron chi connectivity index (χ3n) is 19.8. The Morgan fingerprint density at radius 3 is 1.31 bits per heavy atom. The molecule has 0 bridgehead atoms. The lowest BCUT2D eigenvalue weighted by Crippen LogP contribution is -2.47. The molecule has 0 spiro atoms. The van der Waals surface area contributed by atoms with Crippen LogP contribution in [-0.2, 0) is 19.1 Å². The number of aliphatic hydroxyl groups is 2. The molecular formula is C82H135N5O11. The van der Waals surface area contributed by atoms with E-state index in [-0.39, 0.29) is 23.4 Å². The number of carboxylic acid groups (broad SMARTS) is 1. The Labute approximate surface area is 592 Å². The molecule has 16 heteroatoms. The van der Waals surface area contributed by atoms with Crippen LogP contribution in [0.1, 0.15) is 376 Å². The van der Waals surface area contributed by atoms with Gasteiger partial charge in [-0.1, -0.05) is 328 Å². The van der Waals surface area contributed by atoms with Gasteiger partial charge >= 0.3 is 11.9 Å². The highest BCUT2D eigenvalue weighted by atomic mass is 16.6. The number of unbranched alkanes of at least 4 members (excludes halogenated alkanes) is 45. The fourth-order valence-corrected chi connectivity index (χ4v) is 13.8. The first-order chi connectivity index (χ1) is 48.1. The highest BCUT2D eigenvalue weighted by molar-refractivity contribution is 6.06. The number of hydrogen-bond donors (Lipinski definition) is 4. The fraction of sp³-hybridized carbons (Fsp3) is 0.756. The number of nitrogens with zero attached hydrogens (tertiary/aromatic N) is 4. The van der Waals surface area contributed by atoms with Crippen LogP contribution in [0.2, 0.25) is 0 Å². The Morgan fingerprint density at radius 2 is 0.918 bits per heavy atom. The number of amides is 1. The van der Waals surface area contributed by atoms with Gasteiger partial charge in [-0.05, 0) is 43.5 Å². The summed E-state index contributed by atoms with van der Waals surface area (Å²) in [6.07, 6.45) is 58.0. The number of carboxylic acids is 1. The van der Waals surface area contributed by atoms with Gasteiger partial charge in [0.2, 0.25) is 5.75 Å². The lowest BCUT2D eigenvalue weighted by molar-refractivity contribution is -0.179. The molecule has 1 saturated heterocycles. The van der Waals surface area contributed by atoms with Gasteiger partial charge in [-0.2, -0.15) is 0 Å². The molecule has 0 saturated carbocycles. The number of carbonyl (C=O) groups is 3. The summed E-state index contributed by atoms with van der Waals surface area (Å²) in [7, 11) is 0. The number of aromatic nitrogens is 4. The summed E-state index contributed by atoms with van der Waals surface area (Å²) < 4.78 is 34.8. The Balaban J connectivity index is 1.34. The number of aliphatic carboxylic acids is 1. The number of fused-ring (bicyclic) bond motifs is 1. The van der Waals surface area contributed by atoms with E-state index in [9.17, 15) is 29.7 Å². The molecule has 1 fully saturated rings. The van der Waals surface area contributed by atoms with Crippen molar-refractivity contribution in [1.29, 1.82) is 0 Å². The molecule has 4 aromatic rings. The lowest BCUT2D eigenvalue weighted by atomic mass is 9.84. The Morgan fingerprint density at radius 1 is 0.531 bits per heavy atom. The zero-order valence-corrected chi connectivity index (χ0v) is 61.7. The maximum atomic E-state index is 14.0. The summed E-state index contributed by atoms with van der Waals surface area (Å²) in [5, 5.41) is 37.0. The van der Waals surface area contributed by atoms with E-state index in [0.717, 1.165) is 57.8 Å². The average molecular weight is 1370 g/mol. The highest BCUT2D eigenvalue weighted by Gasteiger charge is 2.56. The van der Waals surface area contributed by atoms with E-state index in [2.05, 4.69) is 41.0 Å². The van der Waals surface area contributed by atoms with E-state index in [1.807, 2.05) is 6.07 Å². The van der Waals surface area contributed by atoms with Gasteiger partial charge in [-0.3, -0.25) is 19.0 Å². The predicted octanol–water partition coefficient (Wildman–Crippen LogP) is 22.2. The van der Waals surface area contributed by atoms with Gasteiger partial charge in [0.15, 0.2) is 34.6 Å². The standard InChI is InChI=1S/C82H135N5O11/c1-4-7-10-13-16-19-22-25-28-31-34-37-40-43-46-52-59-94-70-62-69(78(98-75(91)58-57-74(89)90)82(93)64-73(97-72(82)65-88)87-67-85-76-79(83-66-84-80(76)87)86-81(92)68-55-50-49-51-56-68)63-71(95-60-53-47-44-41-38-35-32-29-26-23-20-17-14-11-8-5-2)77(70)96-61-54-48-45-42-39-36-33-30-27-24-21-18-15-12-9-6-3/h49-51,55-56,62-63,66-67,72-73,78,88,93H,4-48,52-54,57-61,64-65H2,1-3H3,(H,89,90)(H,83,84,86,92)/t72-,73-,78?,82+/m1/s1. The smallest absolute Gasteiger partial charge is 0.307 e.